The van der Waals surface area contributed by atoms with E-state index in [1.54, 1.807) is 13.1 Å². The van der Waals surface area contributed by atoms with E-state index >= 15 is 0 Å². The number of hydrogen-bond acceptors (Lipinski definition) is 5. The molecule has 0 saturated carbocycles. The lowest BCUT2D eigenvalue weighted by Gasteiger charge is -2.01. The third-order valence-electron chi connectivity index (χ3n) is 3.60. The van der Waals surface area contributed by atoms with Gasteiger partial charge in [0.15, 0.2) is 22.7 Å². The molecule has 0 aliphatic heterocycles. The van der Waals surface area contributed by atoms with Gasteiger partial charge in [0, 0.05) is 24.7 Å². The van der Waals surface area contributed by atoms with Gasteiger partial charge in [-0.2, -0.15) is 0 Å². The highest BCUT2D eigenvalue weighted by Gasteiger charge is 2.12. The fourth-order valence-corrected chi connectivity index (χ4v) is 3.55. The first-order valence-corrected chi connectivity index (χ1v) is 8.16. The summed E-state index contributed by atoms with van der Waals surface area (Å²) in [6, 6.07) is 7.75. The average Bonchev–Trinajstić information content (AvgIpc) is 3.16. The zero-order valence-corrected chi connectivity index (χ0v) is 15.3. The molecule has 0 atom stereocenters. The van der Waals surface area contributed by atoms with E-state index < -0.39 is 0 Å². The molecule has 2 heterocycles. The second-order valence-electron chi connectivity index (χ2n) is 5.12. The molecular weight excluding hydrogens is 346 g/mol. The molecule has 0 bridgehead atoms. The summed E-state index contributed by atoms with van der Waals surface area (Å²) < 4.78 is 7.34. The summed E-state index contributed by atoms with van der Waals surface area (Å²) >= 11 is 1.43. The maximum atomic E-state index is 11.7. The zero-order chi connectivity index (χ0) is 16.4. The molecule has 0 unspecified atom stereocenters. The summed E-state index contributed by atoms with van der Waals surface area (Å²) in [5.74, 6) is 0.808. The summed E-state index contributed by atoms with van der Waals surface area (Å²) in [6.45, 7) is 6.39. The lowest BCUT2D eigenvalue weighted by Crippen LogP contribution is -2.14. The standard InChI is InChI=1S/C17H17N3O2S.ClH/c1-4-20-11(2)16(12(3)21)23-17(20)19-14-7-5-13(6-8-14)15-9-18-10-22-15;/h5-10H,4H2,1-3H3;1H. The van der Waals surface area contributed by atoms with Crippen LogP contribution in [0.15, 0.2) is 46.3 Å². The first-order chi connectivity index (χ1) is 11.1. The second kappa shape index (κ2) is 7.59. The molecule has 0 aliphatic carbocycles. The Bertz CT molecular complexity index is 893. The minimum Gasteiger partial charge on any atom is -0.444 e. The molecule has 0 fully saturated rings. The molecule has 0 spiro atoms. The number of Topliss-reactive ketones (excluding diaryl/α,β-unsaturated/α-hetero) is 1. The van der Waals surface area contributed by atoms with Crippen LogP contribution in [0.25, 0.3) is 11.3 Å². The van der Waals surface area contributed by atoms with Crippen LogP contribution in [-0.4, -0.2) is 15.3 Å². The lowest BCUT2D eigenvalue weighted by atomic mass is 10.2. The van der Waals surface area contributed by atoms with Gasteiger partial charge in [-0.25, -0.2) is 9.98 Å². The van der Waals surface area contributed by atoms with E-state index in [0.717, 1.165) is 38.9 Å². The van der Waals surface area contributed by atoms with E-state index in [4.69, 9.17) is 4.42 Å². The van der Waals surface area contributed by atoms with Crippen LogP contribution in [0, 0.1) is 6.92 Å². The minimum absolute atomic E-state index is 0. The number of halogens is 1. The van der Waals surface area contributed by atoms with E-state index in [-0.39, 0.29) is 18.2 Å². The van der Waals surface area contributed by atoms with Crippen molar-refractivity contribution in [1.29, 1.82) is 0 Å². The summed E-state index contributed by atoms with van der Waals surface area (Å²) in [7, 11) is 0. The van der Waals surface area contributed by atoms with Crippen molar-refractivity contribution >= 4 is 35.2 Å². The number of aromatic nitrogens is 2. The van der Waals surface area contributed by atoms with Crippen LogP contribution in [0.1, 0.15) is 29.2 Å². The van der Waals surface area contributed by atoms with Crippen molar-refractivity contribution in [3.05, 3.63) is 52.2 Å². The fourth-order valence-electron chi connectivity index (χ4n) is 2.44. The predicted molar refractivity (Wildman–Crippen MR) is 97.1 cm³/mol. The Morgan fingerprint density at radius 3 is 2.58 bits per heavy atom. The molecule has 0 amide bonds. The Kier molecular flexibility index (Phi) is 5.75. The summed E-state index contributed by atoms with van der Waals surface area (Å²) in [5.41, 5.74) is 2.77. The Balaban J connectivity index is 0.00000208. The Hall–Kier alpha value is -2.18. The smallest absolute Gasteiger partial charge is 0.190 e. The third-order valence-corrected chi connectivity index (χ3v) is 4.88. The maximum Gasteiger partial charge on any atom is 0.190 e. The van der Waals surface area contributed by atoms with Gasteiger partial charge in [0.2, 0.25) is 0 Å². The van der Waals surface area contributed by atoms with Gasteiger partial charge < -0.3 is 8.98 Å². The number of carbonyl (C=O) groups is 1. The summed E-state index contributed by atoms with van der Waals surface area (Å²) in [6.07, 6.45) is 3.09. The van der Waals surface area contributed by atoms with Crippen molar-refractivity contribution in [1.82, 2.24) is 9.55 Å². The normalized spacial score (nSPS) is 11.4. The number of ketones is 1. The van der Waals surface area contributed by atoms with Crippen LogP contribution in [-0.2, 0) is 6.54 Å². The van der Waals surface area contributed by atoms with Crippen molar-refractivity contribution < 1.29 is 9.21 Å². The molecule has 0 aliphatic rings. The molecule has 0 saturated heterocycles. The van der Waals surface area contributed by atoms with E-state index in [0.29, 0.717) is 0 Å². The van der Waals surface area contributed by atoms with E-state index in [2.05, 4.69) is 21.5 Å². The van der Waals surface area contributed by atoms with Crippen molar-refractivity contribution in [3.63, 3.8) is 0 Å². The number of hydrogen-bond donors (Lipinski definition) is 0. The van der Waals surface area contributed by atoms with Gasteiger partial charge in [-0.05, 0) is 38.1 Å². The van der Waals surface area contributed by atoms with E-state index in [1.165, 1.54) is 17.7 Å². The van der Waals surface area contributed by atoms with Crippen LogP contribution in [0.2, 0.25) is 0 Å². The molecule has 2 aromatic heterocycles. The van der Waals surface area contributed by atoms with Crippen molar-refractivity contribution in [2.75, 3.05) is 0 Å². The fraction of sp³-hybridized carbons (Fsp3) is 0.235. The van der Waals surface area contributed by atoms with Gasteiger partial charge in [-0.3, -0.25) is 4.79 Å². The van der Waals surface area contributed by atoms with Gasteiger partial charge in [-0.1, -0.05) is 11.3 Å². The number of carbonyl (C=O) groups excluding carboxylic acids is 1. The molecule has 24 heavy (non-hydrogen) atoms. The zero-order valence-electron chi connectivity index (χ0n) is 13.6. The first-order valence-electron chi connectivity index (χ1n) is 7.35. The number of nitrogens with zero attached hydrogens (tertiary/aromatic N) is 3. The molecular formula is C17H18ClN3O2S. The predicted octanol–water partition coefficient (Wildman–Crippen LogP) is 4.39. The van der Waals surface area contributed by atoms with Crippen LogP contribution in [0.3, 0.4) is 0 Å². The topological polar surface area (TPSA) is 60.4 Å². The van der Waals surface area contributed by atoms with Gasteiger partial charge in [-0.15, -0.1) is 12.4 Å². The highest BCUT2D eigenvalue weighted by atomic mass is 35.5. The monoisotopic (exact) mass is 363 g/mol. The van der Waals surface area contributed by atoms with Crippen molar-refractivity contribution in [2.45, 2.75) is 27.3 Å². The molecule has 7 heteroatoms. The Labute approximate surface area is 150 Å². The summed E-state index contributed by atoms with van der Waals surface area (Å²) in [5, 5.41) is 0. The summed E-state index contributed by atoms with van der Waals surface area (Å²) in [4.78, 5) is 21.9. The maximum absolute atomic E-state index is 11.7. The molecule has 0 radical (unpaired) electrons. The number of rotatable bonds is 4. The molecule has 1 aromatic carbocycles. The molecule has 5 nitrogen and oxygen atoms in total. The largest absolute Gasteiger partial charge is 0.444 e. The Morgan fingerprint density at radius 1 is 1.33 bits per heavy atom. The highest BCUT2D eigenvalue weighted by molar-refractivity contribution is 7.11. The van der Waals surface area contributed by atoms with Gasteiger partial charge in [0.25, 0.3) is 0 Å². The second-order valence-corrected chi connectivity index (χ2v) is 6.10. The average molecular weight is 364 g/mol. The molecule has 3 rings (SSSR count). The quantitative estimate of drug-likeness (QED) is 0.646. The third kappa shape index (κ3) is 3.49. The van der Waals surface area contributed by atoms with Gasteiger partial charge in [0.05, 0.1) is 16.8 Å². The van der Waals surface area contributed by atoms with E-state index in [9.17, 15) is 4.79 Å². The first kappa shape index (κ1) is 18.2. The molecule has 126 valence electrons. The van der Waals surface area contributed by atoms with Crippen molar-refractivity contribution in [2.24, 2.45) is 4.99 Å². The Morgan fingerprint density at radius 2 is 2.04 bits per heavy atom. The van der Waals surface area contributed by atoms with Crippen LogP contribution < -0.4 is 4.80 Å². The highest BCUT2D eigenvalue weighted by Crippen LogP contribution is 2.22. The lowest BCUT2D eigenvalue weighted by molar-refractivity contribution is 0.102. The minimum atomic E-state index is 0. The molecule has 0 N–H and O–H groups in total. The van der Waals surface area contributed by atoms with Crippen molar-refractivity contribution in [3.8, 4) is 11.3 Å². The number of oxazole rings is 1. The number of thiazole rings is 1. The van der Waals surface area contributed by atoms with Crippen LogP contribution >= 0.6 is 23.7 Å². The SMILES string of the molecule is CCn1c(C)c(C(C)=O)sc1=Nc1ccc(-c2cnco2)cc1.Cl. The van der Waals surface area contributed by atoms with Gasteiger partial charge in [0.1, 0.15) is 0 Å². The van der Waals surface area contributed by atoms with Crippen LogP contribution in [0.4, 0.5) is 5.69 Å². The molecule has 3 aromatic rings. The number of benzene rings is 1. The van der Waals surface area contributed by atoms with E-state index in [1.807, 2.05) is 31.2 Å². The van der Waals surface area contributed by atoms with Crippen LogP contribution in [0.5, 0.6) is 0 Å². The van der Waals surface area contributed by atoms with Gasteiger partial charge >= 0.3 is 0 Å².